The summed E-state index contributed by atoms with van der Waals surface area (Å²) in [7, 11) is 4.07. The van der Waals surface area contributed by atoms with Gasteiger partial charge in [-0.1, -0.05) is 6.07 Å². The van der Waals surface area contributed by atoms with Crippen molar-refractivity contribution in [3.63, 3.8) is 0 Å². The standard InChI is InChI=1S/C18H26N6O2/c1-4-24-16(12-22(2)3)20-21-17(24)13-8-10-23(11-9-13)15-7-5-6-14(19-15)18(25)26/h5-7,13H,4,8-12H2,1-3H3,(H,25,26). The van der Waals surface area contributed by atoms with E-state index in [0.29, 0.717) is 5.92 Å². The molecule has 0 unspecified atom stereocenters. The quantitative estimate of drug-likeness (QED) is 0.843. The number of aromatic carboxylic acids is 1. The summed E-state index contributed by atoms with van der Waals surface area (Å²) in [5.74, 6) is 2.18. The van der Waals surface area contributed by atoms with Crippen LogP contribution in [0.2, 0.25) is 0 Å². The topological polar surface area (TPSA) is 87.4 Å². The molecule has 1 aliphatic heterocycles. The van der Waals surface area contributed by atoms with E-state index >= 15 is 0 Å². The Morgan fingerprint density at radius 3 is 2.62 bits per heavy atom. The van der Waals surface area contributed by atoms with Crippen molar-refractivity contribution in [3.05, 3.63) is 35.5 Å². The Balaban J connectivity index is 1.70. The van der Waals surface area contributed by atoms with Crippen molar-refractivity contribution in [2.24, 2.45) is 0 Å². The highest BCUT2D eigenvalue weighted by Gasteiger charge is 2.26. The lowest BCUT2D eigenvalue weighted by molar-refractivity contribution is 0.0690. The Morgan fingerprint density at radius 1 is 1.27 bits per heavy atom. The van der Waals surface area contributed by atoms with Crippen molar-refractivity contribution in [1.29, 1.82) is 0 Å². The Morgan fingerprint density at radius 2 is 2.00 bits per heavy atom. The number of hydrogen-bond donors (Lipinski definition) is 1. The molecule has 140 valence electrons. The molecule has 0 radical (unpaired) electrons. The van der Waals surface area contributed by atoms with E-state index in [0.717, 1.165) is 56.5 Å². The molecule has 0 saturated carbocycles. The minimum absolute atomic E-state index is 0.0867. The zero-order chi connectivity index (χ0) is 18.7. The fourth-order valence-electron chi connectivity index (χ4n) is 3.48. The van der Waals surface area contributed by atoms with Crippen LogP contribution in [0.3, 0.4) is 0 Å². The Hall–Kier alpha value is -2.48. The van der Waals surface area contributed by atoms with Crippen LogP contribution in [-0.4, -0.2) is 62.9 Å². The molecule has 2 aromatic rings. The SMILES string of the molecule is CCn1c(CN(C)C)nnc1C1CCN(c2cccc(C(=O)O)n2)CC1. The van der Waals surface area contributed by atoms with Crippen LogP contribution in [-0.2, 0) is 13.1 Å². The summed E-state index contributed by atoms with van der Waals surface area (Å²) in [6.45, 7) is 5.45. The molecule has 3 heterocycles. The van der Waals surface area contributed by atoms with Gasteiger partial charge < -0.3 is 19.5 Å². The van der Waals surface area contributed by atoms with Crippen molar-refractivity contribution in [3.8, 4) is 0 Å². The fourth-order valence-corrected chi connectivity index (χ4v) is 3.48. The van der Waals surface area contributed by atoms with Crippen molar-refractivity contribution >= 4 is 11.8 Å². The minimum Gasteiger partial charge on any atom is -0.477 e. The molecule has 1 aliphatic rings. The first-order valence-electron chi connectivity index (χ1n) is 9.01. The van der Waals surface area contributed by atoms with Crippen molar-refractivity contribution in [2.75, 3.05) is 32.1 Å². The first kappa shape index (κ1) is 18.3. The second-order valence-corrected chi connectivity index (χ2v) is 6.90. The second-order valence-electron chi connectivity index (χ2n) is 6.90. The van der Waals surface area contributed by atoms with E-state index in [-0.39, 0.29) is 5.69 Å². The van der Waals surface area contributed by atoms with Crippen LogP contribution >= 0.6 is 0 Å². The maximum absolute atomic E-state index is 11.1. The maximum Gasteiger partial charge on any atom is 0.354 e. The van der Waals surface area contributed by atoms with Gasteiger partial charge in [-0.2, -0.15) is 0 Å². The van der Waals surface area contributed by atoms with Gasteiger partial charge in [0, 0.05) is 25.6 Å². The predicted octanol–water partition coefficient (Wildman–Crippen LogP) is 1.84. The number of pyridine rings is 1. The highest BCUT2D eigenvalue weighted by molar-refractivity contribution is 5.85. The van der Waals surface area contributed by atoms with E-state index in [9.17, 15) is 4.79 Å². The molecule has 8 nitrogen and oxygen atoms in total. The van der Waals surface area contributed by atoms with Gasteiger partial charge >= 0.3 is 5.97 Å². The molecule has 0 spiro atoms. The maximum atomic E-state index is 11.1. The number of rotatable bonds is 6. The van der Waals surface area contributed by atoms with Gasteiger partial charge in [-0.15, -0.1) is 10.2 Å². The molecule has 0 amide bonds. The number of nitrogens with zero attached hydrogens (tertiary/aromatic N) is 6. The van der Waals surface area contributed by atoms with E-state index in [1.54, 1.807) is 6.07 Å². The number of hydrogen-bond acceptors (Lipinski definition) is 6. The van der Waals surface area contributed by atoms with Gasteiger partial charge in [0.15, 0.2) is 5.69 Å². The van der Waals surface area contributed by atoms with E-state index in [4.69, 9.17) is 5.11 Å². The Kier molecular flexibility index (Phi) is 5.51. The van der Waals surface area contributed by atoms with Crippen LogP contribution in [0.1, 0.15) is 47.8 Å². The molecule has 1 N–H and O–H groups in total. The molecule has 1 fully saturated rings. The Labute approximate surface area is 153 Å². The summed E-state index contributed by atoms with van der Waals surface area (Å²) in [6, 6.07) is 5.14. The predicted molar refractivity (Wildman–Crippen MR) is 98.5 cm³/mol. The lowest BCUT2D eigenvalue weighted by Gasteiger charge is -2.32. The largest absolute Gasteiger partial charge is 0.477 e. The number of aromatic nitrogens is 4. The smallest absolute Gasteiger partial charge is 0.354 e. The molecular formula is C18H26N6O2. The number of carbonyl (C=O) groups is 1. The average molecular weight is 358 g/mol. The fraction of sp³-hybridized carbons (Fsp3) is 0.556. The van der Waals surface area contributed by atoms with Gasteiger partial charge in [-0.25, -0.2) is 9.78 Å². The van der Waals surface area contributed by atoms with Crippen LogP contribution in [0.15, 0.2) is 18.2 Å². The van der Waals surface area contributed by atoms with Gasteiger partial charge in [-0.3, -0.25) is 0 Å². The second kappa shape index (κ2) is 7.82. The first-order chi connectivity index (χ1) is 12.5. The number of anilines is 1. The highest BCUT2D eigenvalue weighted by atomic mass is 16.4. The number of carboxylic acids is 1. The zero-order valence-corrected chi connectivity index (χ0v) is 15.6. The van der Waals surface area contributed by atoms with Crippen LogP contribution in [0.4, 0.5) is 5.82 Å². The monoisotopic (exact) mass is 358 g/mol. The highest BCUT2D eigenvalue weighted by Crippen LogP contribution is 2.29. The average Bonchev–Trinajstić information content (AvgIpc) is 3.03. The van der Waals surface area contributed by atoms with Crippen LogP contribution in [0.25, 0.3) is 0 Å². The molecule has 0 bridgehead atoms. The summed E-state index contributed by atoms with van der Waals surface area (Å²) in [6.07, 6.45) is 1.91. The van der Waals surface area contributed by atoms with Crippen LogP contribution in [0.5, 0.6) is 0 Å². The van der Waals surface area contributed by atoms with Crippen LogP contribution < -0.4 is 4.90 Å². The van der Waals surface area contributed by atoms with Crippen molar-refractivity contribution in [2.45, 2.75) is 38.8 Å². The molecule has 2 aromatic heterocycles. The molecule has 1 saturated heterocycles. The normalized spacial score (nSPS) is 15.6. The van der Waals surface area contributed by atoms with E-state index in [1.165, 1.54) is 6.07 Å². The summed E-state index contributed by atoms with van der Waals surface area (Å²) in [5.41, 5.74) is 0.0867. The summed E-state index contributed by atoms with van der Waals surface area (Å²) in [4.78, 5) is 19.6. The lowest BCUT2D eigenvalue weighted by Crippen LogP contribution is -2.34. The number of piperidine rings is 1. The van der Waals surface area contributed by atoms with Gasteiger partial charge in [-0.05, 0) is 46.0 Å². The van der Waals surface area contributed by atoms with Crippen molar-refractivity contribution in [1.82, 2.24) is 24.6 Å². The summed E-state index contributed by atoms with van der Waals surface area (Å²) < 4.78 is 2.23. The van der Waals surface area contributed by atoms with Gasteiger partial charge in [0.1, 0.15) is 17.5 Å². The van der Waals surface area contributed by atoms with E-state index in [1.807, 2.05) is 20.2 Å². The number of carboxylic acid groups (broad SMARTS) is 1. The molecule has 26 heavy (non-hydrogen) atoms. The third-order valence-electron chi connectivity index (χ3n) is 4.77. The van der Waals surface area contributed by atoms with Gasteiger partial charge in [0.05, 0.1) is 6.54 Å². The summed E-state index contributed by atoms with van der Waals surface area (Å²) in [5, 5.41) is 18.0. The molecule has 0 aromatic carbocycles. The molecule has 0 aliphatic carbocycles. The minimum atomic E-state index is -0.994. The first-order valence-corrected chi connectivity index (χ1v) is 9.01. The van der Waals surface area contributed by atoms with Crippen LogP contribution in [0, 0.1) is 0 Å². The zero-order valence-electron chi connectivity index (χ0n) is 15.6. The molecule has 8 heteroatoms. The Bertz CT molecular complexity index is 765. The third-order valence-corrected chi connectivity index (χ3v) is 4.77. The lowest BCUT2D eigenvalue weighted by atomic mass is 9.96. The third kappa shape index (κ3) is 3.85. The molecule has 3 rings (SSSR count). The van der Waals surface area contributed by atoms with Gasteiger partial charge in [0.25, 0.3) is 0 Å². The van der Waals surface area contributed by atoms with E-state index in [2.05, 4.69) is 36.5 Å². The van der Waals surface area contributed by atoms with Crippen molar-refractivity contribution < 1.29 is 9.90 Å². The van der Waals surface area contributed by atoms with E-state index < -0.39 is 5.97 Å². The molecule has 0 atom stereocenters. The summed E-state index contributed by atoms with van der Waals surface area (Å²) >= 11 is 0. The molecular weight excluding hydrogens is 332 g/mol. The van der Waals surface area contributed by atoms with Gasteiger partial charge in [0.2, 0.25) is 0 Å².